The first-order valence-electron chi connectivity index (χ1n) is 7.20. The van der Waals surface area contributed by atoms with Crippen LogP contribution in [0.25, 0.3) is 0 Å². The Kier molecular flexibility index (Phi) is 2.42. The average molecular weight is 258 g/mol. The number of pyridine rings is 1. The van der Waals surface area contributed by atoms with Gasteiger partial charge in [0.2, 0.25) is 0 Å². The summed E-state index contributed by atoms with van der Waals surface area (Å²) in [7, 11) is 0. The molecule has 4 nitrogen and oxygen atoms in total. The minimum atomic E-state index is 0.0743. The average Bonchev–Trinajstić information content (AvgIpc) is 2.40. The third-order valence-corrected chi connectivity index (χ3v) is 5.00. The van der Waals surface area contributed by atoms with Gasteiger partial charge in [-0.15, -0.1) is 0 Å². The summed E-state index contributed by atoms with van der Waals surface area (Å²) in [5.74, 6) is 1.15. The summed E-state index contributed by atoms with van der Waals surface area (Å²) in [6, 6.07) is 5.65. The second kappa shape index (κ2) is 4.04. The third-order valence-electron chi connectivity index (χ3n) is 5.00. The summed E-state index contributed by atoms with van der Waals surface area (Å²) in [5, 5.41) is 0. The number of hydrogen-bond acceptors (Lipinski definition) is 3. The summed E-state index contributed by atoms with van der Waals surface area (Å²) in [4.78, 5) is 26.6. The summed E-state index contributed by atoms with van der Waals surface area (Å²) >= 11 is 0. The van der Waals surface area contributed by atoms with E-state index in [0.29, 0.717) is 17.6 Å². The van der Waals surface area contributed by atoms with Gasteiger partial charge in [0.1, 0.15) is 5.78 Å². The molecule has 4 heterocycles. The van der Waals surface area contributed by atoms with Crippen LogP contribution in [0, 0.1) is 5.92 Å². The molecule has 3 aliphatic heterocycles. The molecule has 0 spiro atoms. The fraction of sp³-hybridized carbons (Fsp3) is 0.600. The van der Waals surface area contributed by atoms with E-state index in [0.717, 1.165) is 38.9 Å². The van der Waals surface area contributed by atoms with E-state index in [1.165, 1.54) is 5.69 Å². The van der Waals surface area contributed by atoms with E-state index in [4.69, 9.17) is 0 Å². The molecule has 2 saturated heterocycles. The minimum absolute atomic E-state index is 0.0743. The Hall–Kier alpha value is -1.42. The molecule has 2 bridgehead atoms. The number of carbonyl (C=O) groups excluding carboxylic acids is 1. The van der Waals surface area contributed by atoms with Gasteiger partial charge in [0.15, 0.2) is 0 Å². The lowest BCUT2D eigenvalue weighted by Crippen LogP contribution is -2.58. The van der Waals surface area contributed by atoms with Gasteiger partial charge in [0.05, 0.1) is 6.04 Å². The molecule has 0 amide bonds. The number of Topliss-reactive ketones (excluding diaryl/α,β-unsaturated/α-hetero) is 1. The molecule has 1 aromatic rings. The van der Waals surface area contributed by atoms with Gasteiger partial charge in [-0.1, -0.05) is 6.07 Å². The smallest absolute Gasteiger partial charge is 0.250 e. The van der Waals surface area contributed by atoms with E-state index in [9.17, 15) is 9.59 Å². The largest absolute Gasteiger partial charge is 0.312 e. The van der Waals surface area contributed by atoms with Gasteiger partial charge in [-0.2, -0.15) is 0 Å². The predicted octanol–water partition coefficient (Wildman–Crippen LogP) is 0.999. The van der Waals surface area contributed by atoms with Gasteiger partial charge in [0, 0.05) is 43.1 Å². The van der Waals surface area contributed by atoms with Gasteiger partial charge in [-0.05, 0) is 25.5 Å². The topological polar surface area (TPSA) is 42.3 Å². The van der Waals surface area contributed by atoms with E-state index >= 15 is 0 Å². The zero-order valence-electron chi connectivity index (χ0n) is 10.9. The first-order valence-corrected chi connectivity index (χ1v) is 7.20. The van der Waals surface area contributed by atoms with E-state index in [1.807, 2.05) is 10.6 Å². The monoisotopic (exact) mass is 258 g/mol. The lowest BCUT2D eigenvalue weighted by atomic mass is 9.75. The maximum Gasteiger partial charge on any atom is 0.250 e. The van der Waals surface area contributed by atoms with Crippen molar-refractivity contribution in [2.45, 2.75) is 37.8 Å². The fourth-order valence-corrected chi connectivity index (χ4v) is 4.28. The number of rotatable bonds is 0. The van der Waals surface area contributed by atoms with Crippen molar-refractivity contribution < 1.29 is 4.79 Å². The number of aromatic nitrogens is 1. The first kappa shape index (κ1) is 11.4. The molecule has 4 rings (SSSR count). The van der Waals surface area contributed by atoms with Crippen molar-refractivity contribution in [2.24, 2.45) is 5.92 Å². The fourth-order valence-electron chi connectivity index (χ4n) is 4.28. The maximum absolute atomic E-state index is 12.2. The molecule has 2 fully saturated rings. The normalized spacial score (nSPS) is 33.7. The molecule has 0 N–H and O–H groups in total. The Balaban J connectivity index is 1.78. The lowest BCUT2D eigenvalue weighted by Gasteiger charge is -2.49. The highest BCUT2D eigenvalue weighted by Gasteiger charge is 2.45. The third kappa shape index (κ3) is 1.62. The molecule has 1 aromatic heterocycles. The zero-order chi connectivity index (χ0) is 13.0. The first-order chi connectivity index (χ1) is 9.24. The molecule has 0 unspecified atom stereocenters. The Morgan fingerprint density at radius 3 is 2.95 bits per heavy atom. The molecule has 0 saturated carbocycles. The summed E-state index contributed by atoms with van der Waals surface area (Å²) in [5.41, 5.74) is 1.25. The number of nitrogens with zero attached hydrogens (tertiary/aromatic N) is 2. The lowest BCUT2D eigenvalue weighted by molar-refractivity contribution is -0.132. The van der Waals surface area contributed by atoms with Crippen molar-refractivity contribution in [1.29, 1.82) is 0 Å². The Labute approximate surface area is 112 Å². The van der Waals surface area contributed by atoms with Crippen LogP contribution in [0.15, 0.2) is 23.0 Å². The van der Waals surface area contributed by atoms with Gasteiger partial charge in [0.25, 0.3) is 5.56 Å². The highest BCUT2D eigenvalue weighted by molar-refractivity contribution is 5.85. The predicted molar refractivity (Wildman–Crippen MR) is 71.2 cm³/mol. The molecular formula is C15H18N2O2. The second-order valence-corrected chi connectivity index (χ2v) is 6.10. The van der Waals surface area contributed by atoms with Crippen LogP contribution in [0.1, 0.15) is 30.9 Å². The van der Waals surface area contributed by atoms with Crippen LogP contribution in [0.2, 0.25) is 0 Å². The van der Waals surface area contributed by atoms with Crippen molar-refractivity contribution in [1.82, 2.24) is 9.47 Å². The van der Waals surface area contributed by atoms with Crippen LogP contribution in [-0.2, 0) is 11.3 Å². The van der Waals surface area contributed by atoms with E-state index in [-0.39, 0.29) is 11.6 Å². The summed E-state index contributed by atoms with van der Waals surface area (Å²) < 4.78 is 1.90. The number of hydrogen-bond donors (Lipinski definition) is 0. The molecule has 3 atom stereocenters. The van der Waals surface area contributed by atoms with Crippen LogP contribution >= 0.6 is 0 Å². The van der Waals surface area contributed by atoms with Gasteiger partial charge >= 0.3 is 0 Å². The van der Waals surface area contributed by atoms with Crippen molar-refractivity contribution in [3.8, 4) is 0 Å². The van der Waals surface area contributed by atoms with Gasteiger partial charge in [-0.25, -0.2) is 0 Å². The van der Waals surface area contributed by atoms with E-state index < -0.39 is 0 Å². The van der Waals surface area contributed by atoms with Gasteiger partial charge < -0.3 is 4.57 Å². The second-order valence-electron chi connectivity index (χ2n) is 6.10. The van der Waals surface area contributed by atoms with E-state index in [1.54, 1.807) is 6.07 Å². The molecule has 3 aliphatic rings. The standard InChI is InChI=1S/C15H18N2O2/c18-13-4-2-6-16-8-10-7-11(15(13)16)9-17-12(10)3-1-5-14(17)19/h1,3,5,10-11,15H,2,4,6-9H2/t10-,11+,15+/m0/s1. The molecule has 0 aromatic carbocycles. The van der Waals surface area contributed by atoms with Crippen LogP contribution in [0.4, 0.5) is 0 Å². The number of fused-ring (bicyclic) bond motifs is 6. The number of ketones is 1. The molecule has 100 valence electrons. The molecule has 4 heteroatoms. The Morgan fingerprint density at radius 2 is 2.05 bits per heavy atom. The Morgan fingerprint density at radius 1 is 1.16 bits per heavy atom. The molecule has 0 radical (unpaired) electrons. The molecule has 19 heavy (non-hydrogen) atoms. The number of carbonyl (C=O) groups is 1. The van der Waals surface area contributed by atoms with Crippen LogP contribution < -0.4 is 5.56 Å². The maximum atomic E-state index is 12.2. The highest BCUT2D eigenvalue weighted by atomic mass is 16.1. The van der Waals surface area contributed by atoms with Crippen molar-refractivity contribution in [3.63, 3.8) is 0 Å². The molecular weight excluding hydrogens is 240 g/mol. The summed E-state index contributed by atoms with van der Waals surface area (Å²) in [6.45, 7) is 2.70. The van der Waals surface area contributed by atoms with Crippen LogP contribution in [0.5, 0.6) is 0 Å². The van der Waals surface area contributed by atoms with Gasteiger partial charge in [-0.3, -0.25) is 14.5 Å². The SMILES string of the molecule is O=C1CCCN2C[C@@H]3C[C@H](Cn4c3cccc4=O)[C@H]12. The Bertz CT molecular complexity index is 592. The quantitative estimate of drug-likeness (QED) is 0.697. The minimum Gasteiger partial charge on any atom is -0.312 e. The molecule has 0 aliphatic carbocycles. The van der Waals surface area contributed by atoms with Crippen LogP contribution in [0.3, 0.4) is 0 Å². The van der Waals surface area contributed by atoms with Crippen molar-refractivity contribution in [3.05, 3.63) is 34.2 Å². The highest BCUT2D eigenvalue weighted by Crippen LogP contribution is 2.40. The van der Waals surface area contributed by atoms with Crippen molar-refractivity contribution >= 4 is 5.78 Å². The van der Waals surface area contributed by atoms with E-state index in [2.05, 4.69) is 11.0 Å². The number of piperidine rings is 2. The summed E-state index contributed by atoms with van der Waals surface area (Å²) in [6.07, 6.45) is 2.78. The zero-order valence-corrected chi connectivity index (χ0v) is 10.9. The van der Waals surface area contributed by atoms with Crippen molar-refractivity contribution in [2.75, 3.05) is 13.1 Å². The van der Waals surface area contributed by atoms with Crippen LogP contribution in [-0.4, -0.2) is 34.4 Å².